The van der Waals surface area contributed by atoms with Crippen molar-refractivity contribution >= 4 is 6.09 Å². The SMILES string of the molecule is CN(C(=O)O)C1CCN(C(C)(C)c2ccc(-c3ccccc3)cc2)CC1. The van der Waals surface area contributed by atoms with Crippen LogP contribution < -0.4 is 0 Å². The first-order chi connectivity index (χ1) is 12.4. The van der Waals surface area contributed by atoms with Crippen molar-refractivity contribution in [1.82, 2.24) is 9.80 Å². The Morgan fingerprint density at radius 1 is 1.00 bits per heavy atom. The molecule has 1 N–H and O–H groups in total. The van der Waals surface area contributed by atoms with Crippen molar-refractivity contribution in [3.05, 3.63) is 60.2 Å². The zero-order valence-corrected chi connectivity index (χ0v) is 15.9. The van der Waals surface area contributed by atoms with E-state index in [1.165, 1.54) is 21.6 Å². The minimum Gasteiger partial charge on any atom is -0.465 e. The molecule has 4 heteroatoms. The lowest BCUT2D eigenvalue weighted by Gasteiger charge is -2.44. The second-order valence-electron chi connectivity index (χ2n) is 7.61. The molecule has 26 heavy (non-hydrogen) atoms. The average Bonchev–Trinajstić information content (AvgIpc) is 2.68. The number of likely N-dealkylation sites (tertiary alicyclic amines) is 1. The molecule has 1 aliphatic heterocycles. The van der Waals surface area contributed by atoms with Gasteiger partial charge in [-0.3, -0.25) is 4.90 Å². The van der Waals surface area contributed by atoms with E-state index in [0.717, 1.165) is 25.9 Å². The van der Waals surface area contributed by atoms with Crippen LogP contribution in [0, 0.1) is 0 Å². The number of hydrogen-bond acceptors (Lipinski definition) is 2. The van der Waals surface area contributed by atoms with E-state index in [1.807, 2.05) is 6.07 Å². The van der Waals surface area contributed by atoms with E-state index >= 15 is 0 Å². The highest BCUT2D eigenvalue weighted by Crippen LogP contribution is 2.32. The molecular formula is C22H28N2O2. The van der Waals surface area contributed by atoms with Crippen LogP contribution in [0.15, 0.2) is 54.6 Å². The van der Waals surface area contributed by atoms with E-state index < -0.39 is 6.09 Å². The molecule has 1 fully saturated rings. The normalized spacial score (nSPS) is 16.4. The van der Waals surface area contributed by atoms with Crippen molar-refractivity contribution in [3.63, 3.8) is 0 Å². The van der Waals surface area contributed by atoms with Crippen LogP contribution >= 0.6 is 0 Å². The van der Waals surface area contributed by atoms with Gasteiger partial charge >= 0.3 is 6.09 Å². The van der Waals surface area contributed by atoms with Crippen molar-refractivity contribution < 1.29 is 9.90 Å². The number of hydrogen-bond donors (Lipinski definition) is 1. The molecule has 3 rings (SSSR count). The molecule has 0 spiro atoms. The van der Waals surface area contributed by atoms with Crippen molar-refractivity contribution in [2.24, 2.45) is 0 Å². The van der Waals surface area contributed by atoms with Crippen LogP contribution in [0.3, 0.4) is 0 Å². The number of amides is 1. The number of piperidine rings is 1. The lowest BCUT2D eigenvalue weighted by Crippen LogP contribution is -2.51. The van der Waals surface area contributed by atoms with Crippen LogP contribution in [-0.2, 0) is 5.54 Å². The highest BCUT2D eigenvalue weighted by Gasteiger charge is 2.33. The van der Waals surface area contributed by atoms with Crippen LogP contribution in [0.5, 0.6) is 0 Å². The van der Waals surface area contributed by atoms with Crippen molar-refractivity contribution in [1.29, 1.82) is 0 Å². The van der Waals surface area contributed by atoms with Gasteiger partial charge < -0.3 is 10.0 Å². The zero-order valence-electron chi connectivity index (χ0n) is 15.9. The van der Waals surface area contributed by atoms with Gasteiger partial charge in [0.05, 0.1) is 0 Å². The summed E-state index contributed by atoms with van der Waals surface area (Å²) >= 11 is 0. The standard InChI is InChI=1S/C22H28N2O2/c1-22(2,24-15-13-20(14-16-24)23(3)21(25)26)19-11-9-18(10-12-19)17-7-5-4-6-8-17/h4-12,20H,13-16H2,1-3H3,(H,25,26). The van der Waals surface area contributed by atoms with Gasteiger partial charge in [0, 0.05) is 31.7 Å². The van der Waals surface area contributed by atoms with Gasteiger partial charge in [0.15, 0.2) is 0 Å². The molecule has 0 radical (unpaired) electrons. The topological polar surface area (TPSA) is 43.8 Å². The molecule has 1 aliphatic rings. The maximum absolute atomic E-state index is 11.2. The summed E-state index contributed by atoms with van der Waals surface area (Å²) in [5.74, 6) is 0. The Balaban J connectivity index is 1.70. The van der Waals surface area contributed by atoms with Gasteiger partial charge in [0.2, 0.25) is 0 Å². The highest BCUT2D eigenvalue weighted by molar-refractivity contribution is 5.65. The van der Waals surface area contributed by atoms with E-state index in [1.54, 1.807) is 7.05 Å². The first kappa shape index (κ1) is 18.5. The zero-order chi connectivity index (χ0) is 18.7. The Kier molecular flexibility index (Phi) is 5.33. The van der Waals surface area contributed by atoms with Crippen molar-refractivity contribution in [2.45, 2.75) is 38.3 Å². The molecule has 0 aromatic heterocycles. The summed E-state index contributed by atoms with van der Waals surface area (Å²) < 4.78 is 0. The van der Waals surface area contributed by atoms with Gasteiger partial charge in [-0.25, -0.2) is 4.79 Å². The van der Waals surface area contributed by atoms with Gasteiger partial charge in [-0.05, 0) is 43.4 Å². The maximum atomic E-state index is 11.2. The third kappa shape index (κ3) is 3.75. The van der Waals surface area contributed by atoms with Gasteiger partial charge in [-0.2, -0.15) is 0 Å². The molecule has 1 heterocycles. The van der Waals surface area contributed by atoms with Crippen LogP contribution in [-0.4, -0.2) is 47.2 Å². The van der Waals surface area contributed by atoms with Crippen LogP contribution in [0.1, 0.15) is 32.3 Å². The van der Waals surface area contributed by atoms with Crippen molar-refractivity contribution in [2.75, 3.05) is 20.1 Å². The predicted octanol–water partition coefficient (Wildman–Crippen LogP) is 4.66. The minimum atomic E-state index is -0.834. The quantitative estimate of drug-likeness (QED) is 0.870. The lowest BCUT2D eigenvalue weighted by atomic mass is 9.88. The minimum absolute atomic E-state index is 0.0675. The van der Waals surface area contributed by atoms with Gasteiger partial charge in [0.25, 0.3) is 0 Å². The van der Waals surface area contributed by atoms with Gasteiger partial charge in [-0.15, -0.1) is 0 Å². The fourth-order valence-corrected chi connectivity index (χ4v) is 3.85. The molecular weight excluding hydrogens is 324 g/mol. The fraction of sp³-hybridized carbons (Fsp3) is 0.409. The Hall–Kier alpha value is -2.33. The third-order valence-corrected chi connectivity index (χ3v) is 5.80. The Morgan fingerprint density at radius 3 is 2.08 bits per heavy atom. The summed E-state index contributed by atoms with van der Waals surface area (Å²) in [7, 11) is 1.68. The largest absolute Gasteiger partial charge is 0.465 e. The number of rotatable bonds is 4. The predicted molar refractivity (Wildman–Crippen MR) is 105 cm³/mol. The summed E-state index contributed by atoms with van der Waals surface area (Å²) in [6.07, 6.45) is 0.932. The van der Waals surface area contributed by atoms with Crippen LogP contribution in [0.4, 0.5) is 4.79 Å². The summed E-state index contributed by atoms with van der Waals surface area (Å²) in [5, 5.41) is 9.17. The Bertz CT molecular complexity index is 732. The number of nitrogens with zero attached hydrogens (tertiary/aromatic N) is 2. The first-order valence-electron chi connectivity index (χ1n) is 9.26. The second kappa shape index (κ2) is 7.50. The number of carbonyl (C=O) groups is 1. The monoisotopic (exact) mass is 352 g/mol. The molecule has 138 valence electrons. The fourth-order valence-electron chi connectivity index (χ4n) is 3.85. The first-order valence-corrected chi connectivity index (χ1v) is 9.26. The number of benzene rings is 2. The summed E-state index contributed by atoms with van der Waals surface area (Å²) in [6, 6.07) is 19.4. The smallest absolute Gasteiger partial charge is 0.407 e. The maximum Gasteiger partial charge on any atom is 0.407 e. The van der Waals surface area contributed by atoms with Crippen LogP contribution in [0.25, 0.3) is 11.1 Å². The van der Waals surface area contributed by atoms with E-state index in [-0.39, 0.29) is 11.6 Å². The van der Waals surface area contributed by atoms with E-state index in [0.29, 0.717) is 0 Å². The average molecular weight is 352 g/mol. The molecule has 0 unspecified atom stereocenters. The molecule has 0 bridgehead atoms. The highest BCUT2D eigenvalue weighted by atomic mass is 16.4. The molecule has 2 aromatic carbocycles. The molecule has 0 saturated carbocycles. The van der Waals surface area contributed by atoms with E-state index in [4.69, 9.17) is 0 Å². The third-order valence-electron chi connectivity index (χ3n) is 5.80. The second-order valence-corrected chi connectivity index (χ2v) is 7.61. The molecule has 0 aliphatic carbocycles. The van der Waals surface area contributed by atoms with Gasteiger partial charge in [-0.1, -0.05) is 54.6 Å². The van der Waals surface area contributed by atoms with E-state index in [2.05, 4.69) is 67.3 Å². The van der Waals surface area contributed by atoms with E-state index in [9.17, 15) is 9.90 Å². The van der Waals surface area contributed by atoms with Crippen LogP contribution in [0.2, 0.25) is 0 Å². The lowest BCUT2D eigenvalue weighted by molar-refractivity contribution is 0.0537. The molecule has 0 atom stereocenters. The Labute approximate surface area is 156 Å². The summed E-state index contributed by atoms with van der Waals surface area (Å²) in [4.78, 5) is 15.1. The van der Waals surface area contributed by atoms with Crippen molar-refractivity contribution in [3.8, 4) is 11.1 Å². The molecule has 1 amide bonds. The molecule has 2 aromatic rings. The van der Waals surface area contributed by atoms with Gasteiger partial charge in [0.1, 0.15) is 0 Å². The summed E-state index contributed by atoms with van der Waals surface area (Å²) in [5.41, 5.74) is 3.69. The summed E-state index contributed by atoms with van der Waals surface area (Å²) in [6.45, 7) is 6.34. The number of carboxylic acid groups (broad SMARTS) is 1. The Morgan fingerprint density at radius 2 is 1.54 bits per heavy atom. The molecule has 4 nitrogen and oxygen atoms in total. The molecule has 1 saturated heterocycles.